The maximum absolute atomic E-state index is 5.09. The SMILES string of the molecule is COc1ccc(/C=N\NC(=S)N/N=C/c2ccc(OC)cc2)cc1. The van der Waals surface area contributed by atoms with Gasteiger partial charge in [-0.05, 0) is 71.9 Å². The zero-order chi connectivity index (χ0) is 17.2. The lowest BCUT2D eigenvalue weighted by atomic mass is 10.2. The van der Waals surface area contributed by atoms with E-state index in [-0.39, 0.29) is 0 Å². The average molecular weight is 342 g/mol. The Morgan fingerprint density at radius 3 is 1.50 bits per heavy atom. The van der Waals surface area contributed by atoms with Gasteiger partial charge in [-0.3, -0.25) is 10.9 Å². The van der Waals surface area contributed by atoms with Crippen LogP contribution in [0, 0.1) is 0 Å². The van der Waals surface area contributed by atoms with Gasteiger partial charge in [0.2, 0.25) is 5.11 Å². The highest BCUT2D eigenvalue weighted by Crippen LogP contribution is 2.10. The summed E-state index contributed by atoms with van der Waals surface area (Å²) in [5.74, 6) is 1.59. The number of benzene rings is 2. The Bertz CT molecular complexity index is 651. The number of hydrogen-bond donors (Lipinski definition) is 2. The Labute approximate surface area is 146 Å². The first-order valence-corrected chi connectivity index (χ1v) is 7.52. The smallest absolute Gasteiger partial charge is 0.207 e. The van der Waals surface area contributed by atoms with Crippen LogP contribution in [0.15, 0.2) is 58.7 Å². The maximum atomic E-state index is 5.09. The maximum Gasteiger partial charge on any atom is 0.207 e. The summed E-state index contributed by atoms with van der Waals surface area (Å²) in [7, 11) is 3.25. The molecule has 0 saturated carbocycles. The summed E-state index contributed by atoms with van der Waals surface area (Å²) in [5, 5.41) is 8.37. The van der Waals surface area contributed by atoms with E-state index in [2.05, 4.69) is 21.1 Å². The van der Waals surface area contributed by atoms with E-state index < -0.39 is 0 Å². The van der Waals surface area contributed by atoms with Gasteiger partial charge in [0.05, 0.1) is 26.6 Å². The molecular formula is C17H18N4O2S. The van der Waals surface area contributed by atoms with Gasteiger partial charge in [-0.25, -0.2) is 0 Å². The second kappa shape index (κ2) is 9.26. The summed E-state index contributed by atoms with van der Waals surface area (Å²) in [6.07, 6.45) is 3.31. The van der Waals surface area contributed by atoms with E-state index in [1.807, 2.05) is 48.5 Å². The molecule has 0 radical (unpaired) electrons. The molecule has 6 nitrogen and oxygen atoms in total. The summed E-state index contributed by atoms with van der Waals surface area (Å²) in [6, 6.07) is 15.0. The van der Waals surface area contributed by atoms with Gasteiger partial charge in [0.1, 0.15) is 11.5 Å². The summed E-state index contributed by atoms with van der Waals surface area (Å²) < 4.78 is 10.2. The van der Waals surface area contributed by atoms with E-state index in [9.17, 15) is 0 Å². The van der Waals surface area contributed by atoms with Crippen molar-refractivity contribution in [3.8, 4) is 11.5 Å². The monoisotopic (exact) mass is 342 g/mol. The second-order valence-corrected chi connectivity index (χ2v) is 5.02. The highest BCUT2D eigenvalue weighted by Gasteiger charge is 1.93. The fraction of sp³-hybridized carbons (Fsp3) is 0.118. The second-order valence-electron chi connectivity index (χ2n) is 4.62. The van der Waals surface area contributed by atoms with E-state index in [0.717, 1.165) is 22.6 Å². The van der Waals surface area contributed by atoms with E-state index in [1.54, 1.807) is 26.6 Å². The summed E-state index contributed by atoms with van der Waals surface area (Å²) >= 11 is 5.07. The van der Waals surface area contributed by atoms with Crippen molar-refractivity contribution in [2.24, 2.45) is 10.2 Å². The molecule has 0 saturated heterocycles. The normalized spacial score (nSPS) is 10.8. The fourth-order valence-electron chi connectivity index (χ4n) is 1.74. The molecule has 2 aromatic carbocycles. The molecule has 0 spiro atoms. The van der Waals surface area contributed by atoms with Crippen LogP contribution >= 0.6 is 12.2 Å². The number of ether oxygens (including phenoxy) is 2. The lowest BCUT2D eigenvalue weighted by Crippen LogP contribution is -2.28. The zero-order valence-corrected chi connectivity index (χ0v) is 14.2. The van der Waals surface area contributed by atoms with Gasteiger partial charge in [-0.1, -0.05) is 0 Å². The average Bonchev–Trinajstić information content (AvgIpc) is 2.63. The molecule has 0 heterocycles. The van der Waals surface area contributed by atoms with Gasteiger partial charge in [-0.15, -0.1) is 0 Å². The van der Waals surface area contributed by atoms with Gasteiger partial charge in [0, 0.05) is 0 Å². The molecule has 2 N–H and O–H groups in total. The molecule has 0 amide bonds. The Hall–Kier alpha value is -2.93. The molecule has 2 aromatic rings. The van der Waals surface area contributed by atoms with Crippen LogP contribution in [-0.2, 0) is 0 Å². The molecule has 24 heavy (non-hydrogen) atoms. The molecular weight excluding hydrogens is 324 g/mol. The number of nitrogens with zero attached hydrogens (tertiary/aromatic N) is 2. The lowest BCUT2D eigenvalue weighted by Gasteiger charge is -2.02. The molecule has 2 rings (SSSR count). The van der Waals surface area contributed by atoms with Crippen molar-refractivity contribution in [1.29, 1.82) is 0 Å². The minimum absolute atomic E-state index is 0.296. The number of hydrogen-bond acceptors (Lipinski definition) is 5. The first kappa shape index (κ1) is 17.4. The quantitative estimate of drug-likeness (QED) is 0.480. The van der Waals surface area contributed by atoms with Crippen LogP contribution in [0.5, 0.6) is 11.5 Å². The van der Waals surface area contributed by atoms with Crippen molar-refractivity contribution in [2.45, 2.75) is 0 Å². The third-order valence-electron chi connectivity index (χ3n) is 2.99. The molecule has 7 heteroatoms. The van der Waals surface area contributed by atoms with Crippen molar-refractivity contribution in [3.05, 3.63) is 59.7 Å². The molecule has 0 aliphatic carbocycles. The molecule has 0 unspecified atom stereocenters. The van der Waals surface area contributed by atoms with Crippen LogP contribution in [0.25, 0.3) is 0 Å². The van der Waals surface area contributed by atoms with Crippen molar-refractivity contribution in [1.82, 2.24) is 10.9 Å². The van der Waals surface area contributed by atoms with E-state index in [0.29, 0.717) is 5.11 Å². The van der Waals surface area contributed by atoms with Crippen LogP contribution in [0.4, 0.5) is 0 Å². The highest BCUT2D eigenvalue weighted by molar-refractivity contribution is 7.80. The fourth-order valence-corrected chi connectivity index (χ4v) is 1.84. The van der Waals surface area contributed by atoms with Gasteiger partial charge >= 0.3 is 0 Å². The van der Waals surface area contributed by atoms with Gasteiger partial charge in [0.15, 0.2) is 0 Å². The lowest BCUT2D eigenvalue weighted by molar-refractivity contribution is 0.414. The molecule has 0 aliphatic rings. The zero-order valence-electron chi connectivity index (χ0n) is 13.4. The number of methoxy groups -OCH3 is 2. The Morgan fingerprint density at radius 2 is 1.17 bits per heavy atom. The summed E-state index contributed by atoms with van der Waals surface area (Å²) in [6.45, 7) is 0. The molecule has 0 aliphatic heterocycles. The van der Waals surface area contributed by atoms with E-state index >= 15 is 0 Å². The predicted octanol–water partition coefficient (Wildman–Crippen LogP) is 2.54. The number of rotatable bonds is 6. The standard InChI is InChI=1S/C17H18N4O2S/c1-22-15-7-3-13(4-8-15)11-18-20-17(24)21-19-12-14-5-9-16(23-2)10-6-14/h3-12H,1-2H3,(H2,20,21,24)/b18-11-,19-12+. The van der Waals surface area contributed by atoms with Crippen LogP contribution < -0.4 is 20.3 Å². The Kier molecular flexibility index (Phi) is 6.73. The van der Waals surface area contributed by atoms with Gasteiger partial charge < -0.3 is 9.47 Å². The van der Waals surface area contributed by atoms with Gasteiger partial charge in [0.25, 0.3) is 0 Å². The first-order valence-electron chi connectivity index (χ1n) is 7.11. The minimum Gasteiger partial charge on any atom is -0.497 e. The largest absolute Gasteiger partial charge is 0.497 e. The van der Waals surface area contributed by atoms with Gasteiger partial charge in [-0.2, -0.15) is 10.2 Å². The first-order chi connectivity index (χ1) is 11.7. The highest BCUT2D eigenvalue weighted by atomic mass is 32.1. The van der Waals surface area contributed by atoms with Crippen LogP contribution in [0.2, 0.25) is 0 Å². The van der Waals surface area contributed by atoms with E-state index in [4.69, 9.17) is 21.7 Å². The number of thiocarbonyl (C=S) groups is 1. The van der Waals surface area contributed by atoms with Crippen molar-refractivity contribution in [2.75, 3.05) is 14.2 Å². The summed E-state index contributed by atoms with van der Waals surface area (Å²) in [5.41, 5.74) is 7.23. The van der Waals surface area contributed by atoms with Crippen LogP contribution in [0.3, 0.4) is 0 Å². The number of hydrazone groups is 2. The third kappa shape index (κ3) is 5.69. The predicted molar refractivity (Wildman–Crippen MR) is 100 cm³/mol. The topological polar surface area (TPSA) is 67.2 Å². The van der Waals surface area contributed by atoms with Crippen molar-refractivity contribution >= 4 is 29.8 Å². The molecule has 124 valence electrons. The minimum atomic E-state index is 0.296. The molecule has 0 bridgehead atoms. The van der Waals surface area contributed by atoms with Crippen molar-refractivity contribution < 1.29 is 9.47 Å². The third-order valence-corrected chi connectivity index (χ3v) is 3.17. The molecule has 0 fully saturated rings. The Balaban J connectivity index is 1.77. The van der Waals surface area contributed by atoms with Crippen molar-refractivity contribution in [3.63, 3.8) is 0 Å². The summed E-state index contributed by atoms with van der Waals surface area (Å²) in [4.78, 5) is 0. The van der Waals surface area contributed by atoms with E-state index in [1.165, 1.54) is 0 Å². The van der Waals surface area contributed by atoms with Crippen LogP contribution in [0.1, 0.15) is 11.1 Å². The Morgan fingerprint density at radius 1 is 0.792 bits per heavy atom. The number of nitrogens with one attached hydrogen (secondary N) is 2. The molecule has 0 aromatic heterocycles. The molecule has 0 atom stereocenters. The van der Waals surface area contributed by atoms with Crippen LogP contribution in [-0.4, -0.2) is 31.8 Å².